The molecule has 2 N–H and O–H groups in total. The van der Waals surface area contributed by atoms with Gasteiger partial charge in [-0.15, -0.1) is 24.8 Å². The number of rotatable bonds is 1. The quantitative estimate of drug-likeness (QED) is 0.817. The highest BCUT2D eigenvalue weighted by atomic mass is 35.5. The number of fused-ring (bicyclic) bond motifs is 1. The van der Waals surface area contributed by atoms with Gasteiger partial charge in [0.1, 0.15) is 0 Å². The van der Waals surface area contributed by atoms with E-state index in [1.54, 1.807) is 12.4 Å². The van der Waals surface area contributed by atoms with Gasteiger partial charge in [0.2, 0.25) is 0 Å². The van der Waals surface area contributed by atoms with Crippen LogP contribution in [0.15, 0.2) is 30.6 Å². The minimum absolute atomic E-state index is 0. The van der Waals surface area contributed by atoms with Gasteiger partial charge in [0.05, 0.1) is 0 Å². The molecule has 0 saturated heterocycles. The maximum atomic E-state index is 5.48. The Hall–Kier alpha value is -0.900. The van der Waals surface area contributed by atoms with Crippen molar-refractivity contribution in [1.82, 2.24) is 9.97 Å². The van der Waals surface area contributed by atoms with Crippen molar-refractivity contribution < 1.29 is 0 Å². The number of nitrogens with zero attached hydrogens (tertiary/aromatic N) is 2. The van der Waals surface area contributed by atoms with E-state index in [9.17, 15) is 0 Å². The molecule has 5 heteroatoms. The molecule has 0 aliphatic carbocycles. The number of hydrogen-bond donors (Lipinski definition) is 1. The van der Waals surface area contributed by atoms with Gasteiger partial charge in [0.25, 0.3) is 0 Å². The van der Waals surface area contributed by atoms with Gasteiger partial charge in [-0.1, -0.05) is 0 Å². The summed E-state index contributed by atoms with van der Waals surface area (Å²) in [7, 11) is 0. The molecule has 0 spiro atoms. The molecule has 0 fully saturated rings. The number of hydrogen-bond acceptors (Lipinski definition) is 3. The zero-order chi connectivity index (χ0) is 8.39. The molecule has 76 valence electrons. The van der Waals surface area contributed by atoms with Crippen molar-refractivity contribution in [3.8, 4) is 0 Å². The minimum atomic E-state index is 0. The first-order valence-corrected chi connectivity index (χ1v) is 3.80. The van der Waals surface area contributed by atoms with Gasteiger partial charge in [-0.2, -0.15) is 0 Å². The highest BCUT2D eigenvalue weighted by Gasteiger charge is 1.95. The minimum Gasteiger partial charge on any atom is -0.326 e. The Kier molecular flexibility index (Phi) is 5.38. The molecule has 0 saturated carbocycles. The van der Waals surface area contributed by atoms with Crippen LogP contribution in [0.2, 0.25) is 0 Å². The molecule has 0 radical (unpaired) electrons. The van der Waals surface area contributed by atoms with Gasteiger partial charge in [0.15, 0.2) is 5.65 Å². The molecule has 2 aromatic heterocycles. The fourth-order valence-corrected chi connectivity index (χ4v) is 1.12. The topological polar surface area (TPSA) is 51.8 Å². The average molecular weight is 232 g/mol. The molecule has 0 aliphatic heterocycles. The number of halogens is 2. The van der Waals surface area contributed by atoms with Crippen LogP contribution in [-0.2, 0) is 6.54 Å². The second-order valence-electron chi connectivity index (χ2n) is 2.60. The molecule has 0 aromatic carbocycles. The summed E-state index contributed by atoms with van der Waals surface area (Å²) in [6.07, 6.45) is 3.49. The van der Waals surface area contributed by atoms with Crippen molar-refractivity contribution >= 4 is 35.8 Å². The van der Waals surface area contributed by atoms with Crippen LogP contribution < -0.4 is 5.73 Å². The number of pyridine rings is 2. The van der Waals surface area contributed by atoms with Crippen LogP contribution in [0.25, 0.3) is 11.0 Å². The van der Waals surface area contributed by atoms with E-state index in [4.69, 9.17) is 5.73 Å². The van der Waals surface area contributed by atoms with Crippen molar-refractivity contribution in [2.24, 2.45) is 5.73 Å². The molecule has 0 amide bonds. The summed E-state index contributed by atoms with van der Waals surface area (Å²) in [5.41, 5.74) is 7.29. The predicted molar refractivity (Wildman–Crippen MR) is 61.9 cm³/mol. The molecule has 0 bridgehead atoms. The maximum absolute atomic E-state index is 5.48. The lowest BCUT2D eigenvalue weighted by Gasteiger charge is -1.97. The fraction of sp³-hybridized carbons (Fsp3) is 0.111. The molecule has 0 aliphatic rings. The van der Waals surface area contributed by atoms with Crippen LogP contribution in [0.1, 0.15) is 5.56 Å². The standard InChI is InChI=1S/C9H9N3.2ClH/c10-5-7-4-8-2-1-3-11-9(8)12-6-7;;/h1-4,6H,5,10H2;2*1H. The van der Waals surface area contributed by atoms with E-state index in [2.05, 4.69) is 9.97 Å². The van der Waals surface area contributed by atoms with E-state index in [0.717, 1.165) is 16.6 Å². The lowest BCUT2D eigenvalue weighted by atomic mass is 10.2. The van der Waals surface area contributed by atoms with Crippen molar-refractivity contribution in [3.63, 3.8) is 0 Å². The first-order chi connectivity index (χ1) is 5.90. The summed E-state index contributed by atoms with van der Waals surface area (Å²) in [6.45, 7) is 0.526. The largest absolute Gasteiger partial charge is 0.326 e. The lowest BCUT2D eigenvalue weighted by molar-refractivity contribution is 1.05. The van der Waals surface area contributed by atoms with Gasteiger partial charge < -0.3 is 5.73 Å². The Bertz CT molecular complexity index is 406. The van der Waals surface area contributed by atoms with Crippen molar-refractivity contribution in [2.45, 2.75) is 6.54 Å². The van der Waals surface area contributed by atoms with Gasteiger partial charge in [-0.3, -0.25) is 0 Å². The third-order valence-corrected chi connectivity index (χ3v) is 1.75. The molecular weight excluding hydrogens is 221 g/mol. The molecule has 14 heavy (non-hydrogen) atoms. The molecule has 0 atom stereocenters. The lowest BCUT2D eigenvalue weighted by Crippen LogP contribution is -1.97. The third kappa shape index (κ3) is 2.54. The second-order valence-corrected chi connectivity index (χ2v) is 2.60. The molecule has 3 nitrogen and oxygen atoms in total. The van der Waals surface area contributed by atoms with E-state index in [1.165, 1.54) is 0 Å². The second kappa shape index (κ2) is 5.75. The smallest absolute Gasteiger partial charge is 0.159 e. The van der Waals surface area contributed by atoms with Crippen molar-refractivity contribution in [2.75, 3.05) is 0 Å². The van der Waals surface area contributed by atoms with Crippen LogP contribution in [0.3, 0.4) is 0 Å². The SMILES string of the molecule is Cl.Cl.NCc1cnc2ncccc2c1. The van der Waals surface area contributed by atoms with Gasteiger partial charge in [0, 0.05) is 24.3 Å². The van der Waals surface area contributed by atoms with Gasteiger partial charge in [-0.05, 0) is 23.8 Å². The summed E-state index contributed by atoms with van der Waals surface area (Å²) in [6, 6.07) is 5.88. The van der Waals surface area contributed by atoms with E-state index in [-0.39, 0.29) is 24.8 Å². The van der Waals surface area contributed by atoms with E-state index >= 15 is 0 Å². The summed E-state index contributed by atoms with van der Waals surface area (Å²) < 4.78 is 0. The third-order valence-electron chi connectivity index (χ3n) is 1.75. The van der Waals surface area contributed by atoms with E-state index in [1.807, 2.05) is 18.2 Å². The van der Waals surface area contributed by atoms with Crippen LogP contribution in [0.5, 0.6) is 0 Å². The Balaban J connectivity index is 0.000000845. The summed E-state index contributed by atoms with van der Waals surface area (Å²) >= 11 is 0. The Morgan fingerprint density at radius 1 is 1.21 bits per heavy atom. The van der Waals surface area contributed by atoms with E-state index < -0.39 is 0 Å². The predicted octanol–water partition coefficient (Wildman–Crippen LogP) is 1.93. The fourth-order valence-electron chi connectivity index (χ4n) is 1.12. The molecule has 0 unspecified atom stereocenters. The molecular formula is C9H11Cl2N3. The molecule has 2 aromatic rings. The van der Waals surface area contributed by atoms with Crippen molar-refractivity contribution in [3.05, 3.63) is 36.2 Å². The summed E-state index contributed by atoms with van der Waals surface area (Å²) in [5.74, 6) is 0. The Morgan fingerprint density at radius 3 is 2.71 bits per heavy atom. The van der Waals surface area contributed by atoms with Crippen LogP contribution in [0, 0.1) is 0 Å². The Morgan fingerprint density at radius 2 is 2.00 bits per heavy atom. The van der Waals surface area contributed by atoms with Gasteiger partial charge >= 0.3 is 0 Å². The highest BCUT2D eigenvalue weighted by molar-refractivity contribution is 5.85. The van der Waals surface area contributed by atoms with Crippen LogP contribution >= 0.6 is 24.8 Å². The summed E-state index contributed by atoms with van der Waals surface area (Å²) in [4.78, 5) is 8.27. The summed E-state index contributed by atoms with van der Waals surface area (Å²) in [5, 5.41) is 1.04. The normalized spacial score (nSPS) is 8.93. The van der Waals surface area contributed by atoms with E-state index in [0.29, 0.717) is 6.54 Å². The van der Waals surface area contributed by atoms with Crippen molar-refractivity contribution in [1.29, 1.82) is 0 Å². The highest BCUT2D eigenvalue weighted by Crippen LogP contribution is 2.09. The molecule has 2 heterocycles. The Labute approximate surface area is 94.6 Å². The zero-order valence-electron chi connectivity index (χ0n) is 7.38. The zero-order valence-corrected chi connectivity index (χ0v) is 9.02. The van der Waals surface area contributed by atoms with Crippen LogP contribution in [0.4, 0.5) is 0 Å². The first-order valence-electron chi connectivity index (χ1n) is 3.80. The van der Waals surface area contributed by atoms with Crippen LogP contribution in [-0.4, -0.2) is 9.97 Å². The number of aromatic nitrogens is 2. The van der Waals surface area contributed by atoms with Gasteiger partial charge in [-0.25, -0.2) is 9.97 Å². The average Bonchev–Trinajstić information content (AvgIpc) is 2.17. The number of nitrogens with two attached hydrogens (primary N) is 1. The molecule has 2 rings (SSSR count). The maximum Gasteiger partial charge on any atom is 0.159 e. The first kappa shape index (κ1) is 13.1. The monoisotopic (exact) mass is 231 g/mol.